The summed E-state index contributed by atoms with van der Waals surface area (Å²) in [6.45, 7) is 2.19. The minimum atomic E-state index is 0.820. The molecule has 0 aromatic carbocycles. The van der Waals surface area contributed by atoms with Crippen LogP contribution in [-0.4, -0.2) is 4.98 Å². The van der Waals surface area contributed by atoms with Crippen LogP contribution in [0.5, 0.6) is 0 Å². The van der Waals surface area contributed by atoms with Gasteiger partial charge >= 0.3 is 0 Å². The van der Waals surface area contributed by atoms with Crippen LogP contribution in [0.4, 0.5) is 0 Å². The number of hydrogen-bond donors (Lipinski definition) is 0. The first-order chi connectivity index (χ1) is 5.40. The van der Waals surface area contributed by atoms with Crippen LogP contribution >= 0.6 is 11.3 Å². The van der Waals surface area contributed by atoms with Crippen molar-refractivity contribution in [2.24, 2.45) is 0 Å². The Morgan fingerprint density at radius 1 is 1.64 bits per heavy atom. The van der Waals surface area contributed by atoms with Crippen molar-refractivity contribution in [3.8, 4) is 0 Å². The summed E-state index contributed by atoms with van der Waals surface area (Å²) in [7, 11) is 0. The van der Waals surface area contributed by atoms with E-state index in [0.29, 0.717) is 0 Å². The topological polar surface area (TPSA) is 12.9 Å². The van der Waals surface area contributed by atoms with Crippen molar-refractivity contribution in [1.82, 2.24) is 4.98 Å². The fourth-order valence-electron chi connectivity index (χ4n) is 1.33. The van der Waals surface area contributed by atoms with Gasteiger partial charge in [-0.15, -0.1) is 11.3 Å². The maximum absolute atomic E-state index is 4.43. The molecule has 11 heavy (non-hydrogen) atoms. The van der Waals surface area contributed by atoms with Gasteiger partial charge < -0.3 is 0 Å². The summed E-state index contributed by atoms with van der Waals surface area (Å²) in [6.07, 6.45) is 7.34. The molecule has 0 aliphatic heterocycles. The second kappa shape index (κ2) is 2.94. The lowest BCUT2D eigenvalue weighted by Crippen LogP contribution is -2.07. The molecule has 1 aliphatic rings. The van der Waals surface area contributed by atoms with Crippen LogP contribution < -0.4 is 0 Å². The van der Waals surface area contributed by atoms with Gasteiger partial charge in [-0.2, -0.15) is 0 Å². The van der Waals surface area contributed by atoms with E-state index in [-0.39, 0.29) is 0 Å². The van der Waals surface area contributed by atoms with Crippen LogP contribution in [0.3, 0.4) is 0 Å². The van der Waals surface area contributed by atoms with Crippen LogP contribution in [-0.2, 0) is 6.42 Å². The Morgan fingerprint density at radius 3 is 2.91 bits per heavy atom. The largest absolute Gasteiger partial charge is 0.249 e. The molecule has 0 atom stereocenters. The summed E-state index contributed by atoms with van der Waals surface area (Å²) < 4.78 is 0. The van der Waals surface area contributed by atoms with Gasteiger partial charge in [-0.3, -0.25) is 0 Å². The first-order valence-electron chi connectivity index (χ1n) is 4.34. The van der Waals surface area contributed by atoms with Gasteiger partial charge in [0.1, 0.15) is 0 Å². The molecule has 1 saturated carbocycles. The summed E-state index contributed by atoms with van der Waals surface area (Å²) in [4.78, 5) is 5.86. The highest BCUT2D eigenvalue weighted by Crippen LogP contribution is 2.38. The van der Waals surface area contributed by atoms with Gasteiger partial charge in [0.2, 0.25) is 0 Å². The zero-order chi connectivity index (χ0) is 7.68. The summed E-state index contributed by atoms with van der Waals surface area (Å²) >= 11 is 1.91. The number of aromatic nitrogens is 1. The van der Waals surface area contributed by atoms with Gasteiger partial charge in [-0.05, 0) is 19.3 Å². The molecule has 0 spiro atoms. The first-order valence-corrected chi connectivity index (χ1v) is 5.16. The predicted octanol–water partition coefficient (Wildman–Crippen LogP) is 2.97. The third-order valence-electron chi connectivity index (χ3n) is 2.37. The number of nitrogens with zero attached hydrogens (tertiary/aromatic N) is 1. The van der Waals surface area contributed by atoms with Gasteiger partial charge in [0, 0.05) is 17.0 Å². The monoisotopic (exact) mass is 167 g/mol. The van der Waals surface area contributed by atoms with E-state index in [9.17, 15) is 0 Å². The van der Waals surface area contributed by atoms with Gasteiger partial charge in [-0.1, -0.05) is 13.3 Å². The first kappa shape index (κ1) is 7.29. The fourth-order valence-corrected chi connectivity index (χ4v) is 2.36. The Kier molecular flexibility index (Phi) is 1.95. The second-order valence-corrected chi connectivity index (χ2v) is 4.29. The Hall–Kier alpha value is -0.370. The minimum Gasteiger partial charge on any atom is -0.249 e. The fraction of sp³-hybridized carbons (Fsp3) is 0.667. The quantitative estimate of drug-likeness (QED) is 0.660. The standard InChI is InChI=1S/C9H13NS/c1-2-8-6-10-9(11-8)7-4-3-5-7/h6-7H,2-5H2,1H3. The average Bonchev–Trinajstić information content (AvgIpc) is 2.32. The summed E-state index contributed by atoms with van der Waals surface area (Å²) in [5, 5.41) is 1.38. The molecule has 0 bridgehead atoms. The third-order valence-corrected chi connectivity index (χ3v) is 3.68. The molecule has 2 rings (SSSR count). The molecule has 1 aromatic rings. The van der Waals surface area contributed by atoms with Crippen LogP contribution in [0.25, 0.3) is 0 Å². The van der Waals surface area contributed by atoms with Gasteiger partial charge in [-0.25, -0.2) is 4.98 Å². The van der Waals surface area contributed by atoms with Crippen molar-refractivity contribution < 1.29 is 0 Å². The molecular formula is C9H13NS. The zero-order valence-corrected chi connectivity index (χ0v) is 7.66. The summed E-state index contributed by atoms with van der Waals surface area (Å²) in [5.74, 6) is 0.820. The van der Waals surface area contributed by atoms with Crippen molar-refractivity contribution in [3.05, 3.63) is 16.1 Å². The molecule has 1 heterocycles. The molecular weight excluding hydrogens is 154 g/mol. The van der Waals surface area contributed by atoms with E-state index < -0.39 is 0 Å². The van der Waals surface area contributed by atoms with Gasteiger partial charge in [0.15, 0.2) is 0 Å². The number of aryl methyl sites for hydroxylation is 1. The smallest absolute Gasteiger partial charge is 0.0958 e. The number of rotatable bonds is 2. The van der Waals surface area contributed by atoms with Crippen molar-refractivity contribution in [1.29, 1.82) is 0 Å². The maximum Gasteiger partial charge on any atom is 0.0958 e. The van der Waals surface area contributed by atoms with Gasteiger partial charge in [0.05, 0.1) is 5.01 Å². The van der Waals surface area contributed by atoms with Gasteiger partial charge in [0.25, 0.3) is 0 Å². The number of thiazole rings is 1. The zero-order valence-electron chi connectivity index (χ0n) is 6.84. The van der Waals surface area contributed by atoms with E-state index in [4.69, 9.17) is 0 Å². The summed E-state index contributed by atoms with van der Waals surface area (Å²) in [6, 6.07) is 0. The van der Waals surface area contributed by atoms with Crippen molar-refractivity contribution in [2.45, 2.75) is 38.5 Å². The van der Waals surface area contributed by atoms with E-state index in [1.807, 2.05) is 17.5 Å². The minimum absolute atomic E-state index is 0.820. The molecule has 2 heteroatoms. The molecule has 0 unspecified atom stereocenters. The van der Waals surface area contributed by atoms with Crippen molar-refractivity contribution in [3.63, 3.8) is 0 Å². The summed E-state index contributed by atoms with van der Waals surface area (Å²) in [5.41, 5.74) is 0. The maximum atomic E-state index is 4.43. The van der Waals surface area contributed by atoms with E-state index >= 15 is 0 Å². The molecule has 1 aliphatic carbocycles. The lowest BCUT2D eigenvalue weighted by Gasteiger charge is -2.22. The van der Waals surface area contributed by atoms with Crippen LogP contribution in [0, 0.1) is 0 Å². The van der Waals surface area contributed by atoms with E-state index in [1.54, 1.807) is 0 Å². The molecule has 0 saturated heterocycles. The predicted molar refractivity (Wildman–Crippen MR) is 48.1 cm³/mol. The Bertz CT molecular complexity index is 237. The Balaban J connectivity index is 2.11. The molecule has 1 fully saturated rings. The normalized spacial score (nSPS) is 18.3. The highest BCUT2D eigenvalue weighted by Gasteiger charge is 2.21. The molecule has 0 N–H and O–H groups in total. The van der Waals surface area contributed by atoms with Crippen molar-refractivity contribution in [2.75, 3.05) is 0 Å². The Labute approximate surface area is 71.5 Å². The lowest BCUT2D eigenvalue weighted by molar-refractivity contribution is 0.418. The SMILES string of the molecule is CCc1cnc(C2CCC2)s1. The van der Waals surface area contributed by atoms with Crippen LogP contribution in [0.15, 0.2) is 6.20 Å². The number of hydrogen-bond acceptors (Lipinski definition) is 2. The third kappa shape index (κ3) is 1.32. The van der Waals surface area contributed by atoms with Crippen LogP contribution in [0.2, 0.25) is 0 Å². The molecule has 1 nitrogen and oxygen atoms in total. The molecule has 0 radical (unpaired) electrons. The van der Waals surface area contributed by atoms with Crippen molar-refractivity contribution >= 4 is 11.3 Å². The lowest BCUT2D eigenvalue weighted by atomic mass is 9.86. The van der Waals surface area contributed by atoms with E-state index in [2.05, 4.69) is 11.9 Å². The van der Waals surface area contributed by atoms with Crippen LogP contribution in [0.1, 0.15) is 42.0 Å². The second-order valence-electron chi connectivity index (χ2n) is 3.15. The molecule has 1 aromatic heterocycles. The van der Waals surface area contributed by atoms with E-state index in [0.717, 1.165) is 12.3 Å². The van der Waals surface area contributed by atoms with E-state index in [1.165, 1.54) is 29.1 Å². The Morgan fingerprint density at radius 2 is 2.45 bits per heavy atom. The highest BCUT2D eigenvalue weighted by molar-refractivity contribution is 7.11. The average molecular weight is 167 g/mol. The highest BCUT2D eigenvalue weighted by atomic mass is 32.1. The molecule has 0 amide bonds. The molecule has 60 valence electrons.